The molecule has 3 aromatic carbocycles. The molecular weight excluding hydrogens is 738 g/mol. The van der Waals surface area contributed by atoms with Gasteiger partial charge in [0.05, 0.1) is 6.54 Å². The normalized spacial score (nSPS) is 12.6. The minimum Gasteiger partial charge on any atom is -0.790 e. The Hall–Kier alpha value is -2.67. The smallest absolute Gasteiger partial charge is 0.328 e. The summed E-state index contributed by atoms with van der Waals surface area (Å²) in [5.74, 6) is -1.06. The maximum Gasteiger partial charge on any atom is 0.328 e. The summed E-state index contributed by atoms with van der Waals surface area (Å²) < 4.78 is 11.2. The molecule has 3 atom stereocenters. The van der Waals surface area contributed by atoms with Crippen molar-refractivity contribution in [2.75, 3.05) is 12.3 Å². The summed E-state index contributed by atoms with van der Waals surface area (Å²) in [6.45, 7) is 19.0. The van der Waals surface area contributed by atoms with Crippen LogP contribution in [0.5, 0.6) is 0 Å². The van der Waals surface area contributed by atoms with Crippen molar-refractivity contribution in [3.05, 3.63) is 106 Å². The Labute approximate surface area is 313 Å². The van der Waals surface area contributed by atoms with Crippen LogP contribution >= 0.6 is 11.6 Å². The molecule has 48 heavy (non-hydrogen) atoms. The van der Waals surface area contributed by atoms with E-state index in [0.29, 0.717) is 22.1 Å². The fraction of sp³-hybridized carbons (Fsp3) is 0.447. The zero-order valence-corrected chi connectivity index (χ0v) is 33.1. The van der Waals surface area contributed by atoms with Crippen molar-refractivity contribution in [1.29, 1.82) is 0 Å². The van der Waals surface area contributed by atoms with E-state index in [1.807, 2.05) is 121 Å². The summed E-state index contributed by atoms with van der Waals surface area (Å²) in [6.07, 6.45) is 1.00. The molecule has 3 unspecified atom stereocenters. The number of hydrogen-bond acceptors (Lipinski definition) is 7. The zero-order valence-electron chi connectivity index (χ0n) is 30.0. The number of rotatable bonds is 10. The largest absolute Gasteiger partial charge is 0.790 e. The molecule has 0 aromatic heterocycles. The number of nitrogens with two attached hydrogens (primary N) is 1. The first kappa shape index (κ1) is 47.4. The van der Waals surface area contributed by atoms with Gasteiger partial charge in [0.2, 0.25) is 5.91 Å². The first-order valence-electron chi connectivity index (χ1n) is 16.2. The van der Waals surface area contributed by atoms with E-state index in [9.17, 15) is 14.4 Å². The van der Waals surface area contributed by atoms with Crippen LogP contribution in [0.2, 0.25) is 5.02 Å². The number of carbonyl (C=O) groups excluding carboxylic acids is 3. The van der Waals surface area contributed by atoms with Crippen LogP contribution in [-0.4, -0.2) is 41.8 Å². The number of esters is 2. The van der Waals surface area contributed by atoms with E-state index in [1.165, 1.54) is 12.5 Å². The first-order chi connectivity index (χ1) is 22.3. The second kappa shape index (κ2) is 24.5. The average molecular weight is 793 g/mol. The van der Waals surface area contributed by atoms with Gasteiger partial charge in [0.15, 0.2) is 5.60 Å². The van der Waals surface area contributed by atoms with Crippen molar-refractivity contribution in [2.45, 2.75) is 98.8 Å². The Balaban J connectivity index is 0. The summed E-state index contributed by atoms with van der Waals surface area (Å²) in [5, 5.41) is 3.00. The Bertz CT molecular complexity index is 1350. The van der Waals surface area contributed by atoms with Crippen molar-refractivity contribution >= 4 is 42.1 Å². The number of halogens is 1. The number of nitrogens with one attached hydrogen (secondary N) is 1. The zero-order chi connectivity index (χ0) is 36.2. The summed E-state index contributed by atoms with van der Waals surface area (Å²) in [5.41, 5.74) is 6.95. The number of amides is 1. The Kier molecular flexibility index (Phi) is 24.2. The van der Waals surface area contributed by atoms with Gasteiger partial charge >= 0.3 is 11.9 Å². The maximum absolute atomic E-state index is 13.5. The van der Waals surface area contributed by atoms with E-state index < -0.39 is 23.5 Å². The third kappa shape index (κ3) is 14.8. The monoisotopic (exact) mass is 791 g/mol. The minimum absolute atomic E-state index is 0. The van der Waals surface area contributed by atoms with Gasteiger partial charge in [-0.25, -0.2) is 4.79 Å². The van der Waals surface area contributed by atoms with Crippen molar-refractivity contribution in [2.24, 2.45) is 5.73 Å². The molecule has 0 fully saturated rings. The molecular formula is C38H54ClN2O5PdS-. The van der Waals surface area contributed by atoms with Gasteiger partial charge in [-0.1, -0.05) is 126 Å². The van der Waals surface area contributed by atoms with Gasteiger partial charge in [-0.05, 0) is 44.7 Å². The van der Waals surface area contributed by atoms with Crippen molar-refractivity contribution in [1.82, 2.24) is 5.32 Å². The molecule has 0 bridgehead atoms. The number of hydrogen-bond donors (Lipinski definition) is 2. The van der Waals surface area contributed by atoms with Crippen LogP contribution in [0.1, 0.15) is 104 Å². The van der Waals surface area contributed by atoms with Gasteiger partial charge < -0.3 is 33.2 Å². The summed E-state index contributed by atoms with van der Waals surface area (Å²) in [7, 11) is 0. The standard InChI is InChI=1S/C28H31ClN2O3S.C6H12O2.2C2H6.Pd/c1-3-19(2)20-13-15-22(16-14-20)28(21-9-5-4-6-10-21,23-11-7-8-12-24(23)29)34-27(33)25(18-35)31-26(32)17-30;1-5(7)8-6(2,3)4;2*1-2;/h4-16,19,25,35H,3,17-18,30H2,1-2H3,(H,31,32);1-4H3;2*1-2H3;/p-1. The molecule has 270 valence electrons. The van der Waals surface area contributed by atoms with Gasteiger partial charge in [0, 0.05) is 49.1 Å². The van der Waals surface area contributed by atoms with E-state index in [0.717, 1.165) is 12.0 Å². The van der Waals surface area contributed by atoms with Crippen molar-refractivity contribution in [3.8, 4) is 0 Å². The van der Waals surface area contributed by atoms with Crippen LogP contribution in [0, 0.1) is 0 Å². The number of ether oxygens (including phenoxy) is 2. The molecule has 0 aliphatic carbocycles. The molecule has 0 spiro atoms. The molecule has 0 heterocycles. The minimum atomic E-state index is -1.37. The Morgan fingerprint density at radius 1 is 0.854 bits per heavy atom. The molecule has 7 nitrogen and oxygen atoms in total. The van der Waals surface area contributed by atoms with Crippen LogP contribution < -0.4 is 11.1 Å². The first-order valence-corrected chi connectivity index (χ1v) is 17.2. The van der Waals surface area contributed by atoms with Crippen LogP contribution in [-0.2, 0) is 62.5 Å². The van der Waals surface area contributed by atoms with Gasteiger partial charge in [-0.3, -0.25) is 9.59 Å². The molecule has 0 saturated carbocycles. The van der Waals surface area contributed by atoms with Gasteiger partial charge in [0.1, 0.15) is 11.6 Å². The predicted octanol–water partition coefficient (Wildman–Crippen LogP) is 8.08. The third-order valence-corrected chi connectivity index (χ3v) is 7.27. The second-order valence-electron chi connectivity index (χ2n) is 11.1. The third-order valence-electron chi connectivity index (χ3n) is 6.61. The van der Waals surface area contributed by atoms with E-state index >= 15 is 0 Å². The molecule has 1 amide bonds. The van der Waals surface area contributed by atoms with Crippen LogP contribution in [0.25, 0.3) is 0 Å². The van der Waals surface area contributed by atoms with Crippen molar-refractivity contribution in [3.63, 3.8) is 0 Å². The Morgan fingerprint density at radius 3 is 1.77 bits per heavy atom. The fourth-order valence-electron chi connectivity index (χ4n) is 4.43. The van der Waals surface area contributed by atoms with Crippen LogP contribution in [0.3, 0.4) is 0 Å². The van der Waals surface area contributed by atoms with Crippen LogP contribution in [0.4, 0.5) is 0 Å². The quantitative estimate of drug-likeness (QED) is 0.0926. The van der Waals surface area contributed by atoms with Gasteiger partial charge in [-0.2, -0.15) is 0 Å². The molecule has 0 aliphatic heterocycles. The maximum atomic E-state index is 13.5. The van der Waals surface area contributed by atoms with Crippen molar-refractivity contribution < 1.29 is 44.3 Å². The fourth-order valence-corrected chi connectivity index (χ4v) is 4.92. The summed E-state index contributed by atoms with van der Waals surface area (Å²) >= 11 is 11.9. The van der Waals surface area contributed by atoms with Gasteiger partial charge in [-0.15, -0.1) is 5.75 Å². The van der Waals surface area contributed by atoms with E-state index in [1.54, 1.807) is 6.07 Å². The SMILES string of the molecule is CC.CC.CC(=O)OC(C)(C)C.CCC(C)c1ccc(C(OC(=O)C(C[S-])NC(=O)CN)(c2ccccc2)c2ccccc2Cl)cc1.[Pd]. The molecule has 3 aromatic rings. The summed E-state index contributed by atoms with van der Waals surface area (Å²) in [4.78, 5) is 35.7. The predicted molar refractivity (Wildman–Crippen MR) is 196 cm³/mol. The number of carbonyl (C=O) groups is 3. The van der Waals surface area contributed by atoms with Gasteiger partial charge in [0.25, 0.3) is 0 Å². The number of benzene rings is 3. The molecule has 3 N–H and O–H groups in total. The Morgan fingerprint density at radius 2 is 1.35 bits per heavy atom. The molecule has 3 rings (SSSR count). The van der Waals surface area contributed by atoms with E-state index in [-0.39, 0.29) is 44.3 Å². The van der Waals surface area contributed by atoms with E-state index in [2.05, 4.69) is 19.2 Å². The second-order valence-corrected chi connectivity index (χ2v) is 11.8. The molecule has 10 heteroatoms. The van der Waals surface area contributed by atoms with E-state index in [4.69, 9.17) is 39.4 Å². The topological polar surface area (TPSA) is 108 Å². The summed E-state index contributed by atoms with van der Waals surface area (Å²) in [6, 6.07) is 23.7. The average Bonchev–Trinajstić information content (AvgIpc) is 3.07. The molecule has 0 aliphatic rings. The van der Waals surface area contributed by atoms with Crippen LogP contribution in [0.15, 0.2) is 78.9 Å². The molecule has 0 saturated heterocycles. The molecule has 0 radical (unpaired) electrons.